The van der Waals surface area contributed by atoms with Crippen LogP contribution in [0.25, 0.3) is 0 Å². The number of nitrogens with zero attached hydrogens (tertiary/aromatic N) is 1. The molecule has 0 unspecified atom stereocenters. The fourth-order valence-corrected chi connectivity index (χ4v) is 0.641. The molecule has 1 aromatic rings. The summed E-state index contributed by atoms with van der Waals surface area (Å²) in [6, 6.07) is -0.000648. The van der Waals surface area contributed by atoms with Gasteiger partial charge in [0, 0.05) is 6.07 Å². The molecule has 0 heterocycles. The second-order valence-corrected chi connectivity index (χ2v) is 1.91. The van der Waals surface area contributed by atoms with Crippen LogP contribution in [0.4, 0.5) is 23.2 Å². The van der Waals surface area contributed by atoms with E-state index in [0.29, 0.717) is 0 Å². The fourth-order valence-electron chi connectivity index (χ4n) is 0.641. The van der Waals surface area contributed by atoms with Crippen molar-refractivity contribution in [3.8, 4) is 0 Å². The third-order valence-corrected chi connectivity index (χ3v) is 1.18. The average molecular weight is 179 g/mol. The number of benzene rings is 1. The molecule has 0 saturated heterocycles. The van der Waals surface area contributed by atoms with Gasteiger partial charge in [0.15, 0.2) is 29.0 Å². The third kappa shape index (κ3) is 1.15. The van der Waals surface area contributed by atoms with E-state index in [-0.39, 0.29) is 6.07 Å². The minimum absolute atomic E-state index is 0.000648. The lowest BCUT2D eigenvalue weighted by atomic mass is 10.3. The van der Waals surface area contributed by atoms with Gasteiger partial charge in [0.2, 0.25) is 0 Å². The second-order valence-electron chi connectivity index (χ2n) is 1.91. The van der Waals surface area contributed by atoms with Crippen molar-refractivity contribution in [2.75, 3.05) is 0 Å². The molecule has 2 nitrogen and oxygen atoms in total. The second kappa shape index (κ2) is 2.88. The van der Waals surface area contributed by atoms with Crippen molar-refractivity contribution in [1.29, 1.82) is 0 Å². The maximum absolute atomic E-state index is 12.4. The molecule has 1 rings (SSSR count). The Bertz CT molecular complexity index is 313. The molecule has 0 N–H and O–H groups in total. The lowest BCUT2D eigenvalue weighted by Gasteiger charge is -1.97. The number of hydrogen-bond donors (Lipinski definition) is 0. The molecule has 0 atom stereocenters. The van der Waals surface area contributed by atoms with Crippen molar-refractivity contribution in [2.45, 2.75) is 0 Å². The fraction of sp³-hybridized carbons (Fsp3) is 0. The molecule has 0 fully saturated rings. The standard InChI is InChI=1S/C6HF4NO/c7-2-1-3(8)5(10)6(11-12)4(2)9/h1H. The normalized spacial score (nSPS) is 10.0. The van der Waals surface area contributed by atoms with Crippen LogP contribution in [-0.2, 0) is 0 Å². The zero-order valence-corrected chi connectivity index (χ0v) is 5.44. The summed E-state index contributed by atoms with van der Waals surface area (Å²) < 4.78 is 49.2. The Hall–Kier alpha value is -1.46. The minimum atomic E-state index is -1.79. The molecule has 0 aromatic heterocycles. The molecule has 0 saturated carbocycles. The monoisotopic (exact) mass is 179 g/mol. The van der Waals surface area contributed by atoms with Gasteiger partial charge in [0.05, 0.1) is 0 Å². The van der Waals surface area contributed by atoms with Crippen molar-refractivity contribution in [2.24, 2.45) is 5.18 Å². The summed E-state index contributed by atoms with van der Waals surface area (Å²) in [5, 5.41) is 1.81. The van der Waals surface area contributed by atoms with Crippen LogP contribution in [0.1, 0.15) is 0 Å². The van der Waals surface area contributed by atoms with E-state index >= 15 is 0 Å². The molecule has 64 valence electrons. The molecule has 0 aliphatic carbocycles. The van der Waals surface area contributed by atoms with Crippen molar-refractivity contribution in [3.63, 3.8) is 0 Å². The van der Waals surface area contributed by atoms with E-state index in [4.69, 9.17) is 0 Å². The number of hydrogen-bond acceptors (Lipinski definition) is 2. The van der Waals surface area contributed by atoms with Gasteiger partial charge in [0.1, 0.15) is 0 Å². The Morgan fingerprint density at radius 2 is 1.42 bits per heavy atom. The zero-order valence-electron chi connectivity index (χ0n) is 5.44. The molecular formula is C6HF4NO. The van der Waals surface area contributed by atoms with Crippen LogP contribution < -0.4 is 0 Å². The summed E-state index contributed by atoms with van der Waals surface area (Å²) in [4.78, 5) is 9.69. The predicted octanol–water partition coefficient (Wildman–Crippen LogP) is 2.64. The van der Waals surface area contributed by atoms with Gasteiger partial charge >= 0.3 is 0 Å². The maximum atomic E-state index is 12.4. The van der Waals surface area contributed by atoms with Crippen LogP contribution in [0.2, 0.25) is 0 Å². The van der Waals surface area contributed by atoms with Crippen molar-refractivity contribution < 1.29 is 17.6 Å². The molecular weight excluding hydrogens is 178 g/mol. The van der Waals surface area contributed by atoms with Crippen LogP contribution in [-0.4, -0.2) is 0 Å². The van der Waals surface area contributed by atoms with Crippen molar-refractivity contribution in [3.05, 3.63) is 34.2 Å². The third-order valence-electron chi connectivity index (χ3n) is 1.18. The first-order valence-corrected chi connectivity index (χ1v) is 2.74. The first-order valence-electron chi connectivity index (χ1n) is 2.74. The highest BCUT2D eigenvalue weighted by atomic mass is 19.2. The van der Waals surface area contributed by atoms with Gasteiger partial charge in [-0.2, -0.15) is 0 Å². The molecule has 0 bridgehead atoms. The maximum Gasteiger partial charge on any atom is 0.191 e. The molecule has 0 aliphatic heterocycles. The summed E-state index contributed by atoms with van der Waals surface area (Å²) in [7, 11) is 0. The smallest absolute Gasteiger partial charge is 0.191 e. The minimum Gasteiger partial charge on any atom is -0.204 e. The Morgan fingerprint density at radius 1 is 1.00 bits per heavy atom. The van der Waals surface area contributed by atoms with E-state index in [2.05, 4.69) is 0 Å². The number of halogens is 4. The Morgan fingerprint density at radius 3 is 1.75 bits per heavy atom. The van der Waals surface area contributed by atoms with E-state index in [9.17, 15) is 22.5 Å². The van der Waals surface area contributed by atoms with Gasteiger partial charge in [-0.25, -0.2) is 17.6 Å². The molecule has 12 heavy (non-hydrogen) atoms. The molecule has 0 amide bonds. The van der Waals surface area contributed by atoms with E-state index in [0.717, 1.165) is 0 Å². The SMILES string of the molecule is O=Nc1c(F)c(F)cc(F)c1F. The van der Waals surface area contributed by atoms with Gasteiger partial charge in [-0.05, 0) is 5.18 Å². The topological polar surface area (TPSA) is 29.4 Å². The Balaban J connectivity index is 3.52. The molecule has 0 radical (unpaired) electrons. The highest BCUT2D eigenvalue weighted by Gasteiger charge is 2.19. The first kappa shape index (κ1) is 8.63. The van der Waals surface area contributed by atoms with Gasteiger partial charge in [-0.1, -0.05) is 0 Å². The van der Waals surface area contributed by atoms with Crippen molar-refractivity contribution in [1.82, 2.24) is 0 Å². The predicted molar refractivity (Wildman–Crippen MR) is 31.7 cm³/mol. The van der Waals surface area contributed by atoms with E-state index < -0.39 is 29.0 Å². The zero-order chi connectivity index (χ0) is 9.30. The van der Waals surface area contributed by atoms with Gasteiger partial charge < -0.3 is 0 Å². The first-order chi connectivity index (χ1) is 5.57. The summed E-state index contributed by atoms with van der Waals surface area (Å²) in [5.41, 5.74) is -1.48. The van der Waals surface area contributed by atoms with E-state index in [1.807, 2.05) is 5.18 Å². The lowest BCUT2D eigenvalue weighted by Crippen LogP contribution is -1.92. The summed E-state index contributed by atoms with van der Waals surface area (Å²) >= 11 is 0. The Labute approximate surface area is 63.8 Å². The van der Waals surface area contributed by atoms with Gasteiger partial charge in [0.25, 0.3) is 0 Å². The molecule has 0 aliphatic rings. The summed E-state index contributed by atoms with van der Waals surface area (Å²) in [5.74, 6) is -6.88. The van der Waals surface area contributed by atoms with E-state index in [1.54, 1.807) is 0 Å². The van der Waals surface area contributed by atoms with Crippen LogP contribution in [0.15, 0.2) is 11.2 Å². The largest absolute Gasteiger partial charge is 0.204 e. The van der Waals surface area contributed by atoms with Crippen molar-refractivity contribution >= 4 is 5.69 Å². The highest BCUT2D eigenvalue weighted by Crippen LogP contribution is 2.25. The summed E-state index contributed by atoms with van der Waals surface area (Å²) in [6.07, 6.45) is 0. The highest BCUT2D eigenvalue weighted by molar-refractivity contribution is 5.40. The van der Waals surface area contributed by atoms with Crippen LogP contribution in [0, 0.1) is 28.2 Å². The quantitative estimate of drug-likeness (QED) is 0.370. The van der Waals surface area contributed by atoms with Crippen LogP contribution in [0.3, 0.4) is 0 Å². The number of nitroso groups, excluding NO2 is 1. The molecule has 0 spiro atoms. The molecule has 6 heteroatoms. The van der Waals surface area contributed by atoms with Crippen LogP contribution in [0.5, 0.6) is 0 Å². The van der Waals surface area contributed by atoms with Gasteiger partial charge in [-0.3, -0.25) is 0 Å². The lowest BCUT2D eigenvalue weighted by molar-refractivity contribution is 0.457. The van der Waals surface area contributed by atoms with Gasteiger partial charge in [-0.15, -0.1) is 4.91 Å². The van der Waals surface area contributed by atoms with Crippen LogP contribution >= 0.6 is 0 Å². The number of rotatable bonds is 1. The average Bonchev–Trinajstić information content (AvgIpc) is 2.02. The molecule has 1 aromatic carbocycles. The Kier molecular flexibility index (Phi) is 2.07. The van der Waals surface area contributed by atoms with E-state index in [1.165, 1.54) is 0 Å². The summed E-state index contributed by atoms with van der Waals surface area (Å²) in [6.45, 7) is 0.